The standard InChI is InChI=1S/C18H25N3O2/c1-2-11-21-16-10-13-20(12-9-14(16)7-8-17(21)22)18(23)19-15-5-3-4-6-15/h2,7-8,15H,1,3-6,9-13H2,(H,19,23). The summed E-state index contributed by atoms with van der Waals surface area (Å²) in [6.07, 6.45) is 7.88. The van der Waals surface area contributed by atoms with Crippen molar-refractivity contribution in [3.63, 3.8) is 0 Å². The van der Waals surface area contributed by atoms with Crippen LogP contribution in [0, 0.1) is 0 Å². The SMILES string of the molecule is C=CCn1c2c(ccc1=O)CCN(C(=O)NC1CCCC1)CC2. The normalized spacial score (nSPS) is 18.3. The Morgan fingerprint density at radius 2 is 2.00 bits per heavy atom. The Hall–Kier alpha value is -2.04. The van der Waals surface area contributed by atoms with Gasteiger partial charge in [-0.05, 0) is 24.8 Å². The molecule has 23 heavy (non-hydrogen) atoms. The average Bonchev–Trinajstić information content (AvgIpc) is 2.94. The van der Waals surface area contributed by atoms with Crippen LogP contribution in [0.3, 0.4) is 0 Å². The highest BCUT2D eigenvalue weighted by Gasteiger charge is 2.23. The third kappa shape index (κ3) is 3.49. The van der Waals surface area contributed by atoms with Gasteiger partial charge in [0.05, 0.1) is 0 Å². The van der Waals surface area contributed by atoms with Crippen LogP contribution in [0.1, 0.15) is 36.9 Å². The maximum atomic E-state index is 12.5. The predicted octanol–water partition coefficient (Wildman–Crippen LogP) is 2.09. The molecule has 1 aromatic rings. The van der Waals surface area contributed by atoms with E-state index < -0.39 is 0 Å². The Kier molecular flexibility index (Phi) is 4.84. The molecule has 0 bridgehead atoms. The number of hydrogen-bond donors (Lipinski definition) is 1. The number of rotatable bonds is 3. The van der Waals surface area contributed by atoms with E-state index in [9.17, 15) is 9.59 Å². The molecule has 2 aliphatic rings. The van der Waals surface area contributed by atoms with Crippen molar-refractivity contribution in [1.29, 1.82) is 0 Å². The lowest BCUT2D eigenvalue weighted by atomic mass is 10.1. The molecule has 2 amide bonds. The molecule has 1 saturated carbocycles. The number of allylic oxidation sites excluding steroid dienone is 1. The summed E-state index contributed by atoms with van der Waals surface area (Å²) in [7, 11) is 0. The summed E-state index contributed by atoms with van der Waals surface area (Å²) >= 11 is 0. The Morgan fingerprint density at radius 3 is 2.74 bits per heavy atom. The summed E-state index contributed by atoms with van der Waals surface area (Å²) in [4.78, 5) is 26.4. The van der Waals surface area contributed by atoms with Crippen molar-refractivity contribution < 1.29 is 4.79 Å². The molecule has 5 nitrogen and oxygen atoms in total. The average molecular weight is 315 g/mol. The lowest BCUT2D eigenvalue weighted by Crippen LogP contribution is -2.45. The summed E-state index contributed by atoms with van der Waals surface area (Å²) in [6.45, 7) is 5.62. The summed E-state index contributed by atoms with van der Waals surface area (Å²) in [5.74, 6) is 0. The first kappa shape index (κ1) is 15.8. The van der Waals surface area contributed by atoms with Gasteiger partial charge >= 0.3 is 6.03 Å². The van der Waals surface area contributed by atoms with E-state index in [4.69, 9.17) is 0 Å². The largest absolute Gasteiger partial charge is 0.335 e. The molecule has 1 aromatic heterocycles. The summed E-state index contributed by atoms with van der Waals surface area (Å²) in [5, 5.41) is 3.16. The number of hydrogen-bond acceptors (Lipinski definition) is 2. The molecule has 5 heteroatoms. The van der Waals surface area contributed by atoms with Crippen LogP contribution < -0.4 is 10.9 Å². The molecule has 0 atom stereocenters. The highest BCUT2D eigenvalue weighted by molar-refractivity contribution is 5.74. The van der Waals surface area contributed by atoms with Crippen LogP contribution in [-0.2, 0) is 19.4 Å². The fraction of sp³-hybridized carbons (Fsp3) is 0.556. The first-order valence-electron chi connectivity index (χ1n) is 8.57. The van der Waals surface area contributed by atoms with E-state index in [0.29, 0.717) is 25.7 Å². The zero-order chi connectivity index (χ0) is 16.2. The number of amides is 2. The van der Waals surface area contributed by atoms with Gasteiger partial charge in [0.25, 0.3) is 5.56 Å². The highest BCUT2D eigenvalue weighted by Crippen LogP contribution is 2.19. The van der Waals surface area contributed by atoms with Gasteiger partial charge in [0.2, 0.25) is 0 Å². The number of aromatic nitrogens is 1. The van der Waals surface area contributed by atoms with Crippen molar-refractivity contribution >= 4 is 6.03 Å². The van der Waals surface area contributed by atoms with Gasteiger partial charge in [-0.25, -0.2) is 4.79 Å². The molecule has 1 aliphatic heterocycles. The predicted molar refractivity (Wildman–Crippen MR) is 90.7 cm³/mol. The molecule has 0 saturated heterocycles. The van der Waals surface area contributed by atoms with Crippen LogP contribution in [-0.4, -0.2) is 34.6 Å². The van der Waals surface area contributed by atoms with Gasteiger partial charge in [0.15, 0.2) is 0 Å². The van der Waals surface area contributed by atoms with Gasteiger partial charge in [0.1, 0.15) is 0 Å². The molecule has 1 fully saturated rings. The second kappa shape index (κ2) is 7.02. The van der Waals surface area contributed by atoms with Crippen molar-refractivity contribution in [3.8, 4) is 0 Å². The number of nitrogens with one attached hydrogen (secondary N) is 1. The molecule has 0 spiro atoms. The Balaban J connectivity index is 1.71. The minimum absolute atomic E-state index is 0.00695. The van der Waals surface area contributed by atoms with E-state index in [1.165, 1.54) is 18.4 Å². The van der Waals surface area contributed by atoms with Crippen molar-refractivity contribution in [2.75, 3.05) is 13.1 Å². The fourth-order valence-corrected chi connectivity index (χ4v) is 3.66. The third-order valence-corrected chi connectivity index (χ3v) is 4.94. The number of carbonyl (C=O) groups excluding carboxylic acids is 1. The molecular formula is C18H25N3O2. The topological polar surface area (TPSA) is 54.3 Å². The molecule has 3 rings (SSSR count). The third-order valence-electron chi connectivity index (χ3n) is 4.94. The van der Waals surface area contributed by atoms with E-state index in [1.54, 1.807) is 16.7 Å². The van der Waals surface area contributed by atoms with Gasteiger partial charge in [-0.15, -0.1) is 6.58 Å². The maximum Gasteiger partial charge on any atom is 0.317 e. The number of urea groups is 1. The summed E-state index contributed by atoms with van der Waals surface area (Å²) in [6, 6.07) is 3.92. The van der Waals surface area contributed by atoms with Gasteiger partial charge in [0, 0.05) is 43.9 Å². The van der Waals surface area contributed by atoms with Crippen LogP contribution in [0.25, 0.3) is 0 Å². The van der Waals surface area contributed by atoms with Crippen LogP contribution >= 0.6 is 0 Å². The molecular weight excluding hydrogens is 290 g/mol. The van der Waals surface area contributed by atoms with Crippen LogP contribution in [0.2, 0.25) is 0 Å². The van der Waals surface area contributed by atoms with E-state index in [2.05, 4.69) is 11.9 Å². The van der Waals surface area contributed by atoms with Gasteiger partial charge in [-0.3, -0.25) is 4.79 Å². The first-order valence-corrected chi connectivity index (χ1v) is 8.57. The zero-order valence-corrected chi connectivity index (χ0v) is 13.6. The molecule has 124 valence electrons. The minimum Gasteiger partial charge on any atom is -0.335 e. The van der Waals surface area contributed by atoms with Gasteiger partial charge < -0.3 is 14.8 Å². The smallest absolute Gasteiger partial charge is 0.317 e. The molecule has 0 aromatic carbocycles. The highest BCUT2D eigenvalue weighted by atomic mass is 16.2. The maximum absolute atomic E-state index is 12.5. The van der Waals surface area contributed by atoms with Crippen molar-refractivity contribution in [1.82, 2.24) is 14.8 Å². The number of carbonyl (C=O) groups is 1. The van der Waals surface area contributed by atoms with Crippen molar-refractivity contribution in [2.24, 2.45) is 0 Å². The monoisotopic (exact) mass is 315 g/mol. The van der Waals surface area contributed by atoms with Crippen molar-refractivity contribution in [3.05, 3.63) is 46.4 Å². The van der Waals surface area contributed by atoms with E-state index in [-0.39, 0.29) is 11.6 Å². The zero-order valence-electron chi connectivity index (χ0n) is 13.6. The van der Waals surface area contributed by atoms with E-state index >= 15 is 0 Å². The summed E-state index contributed by atoms with van der Waals surface area (Å²) in [5.41, 5.74) is 2.23. The molecule has 0 radical (unpaired) electrons. The lowest BCUT2D eigenvalue weighted by molar-refractivity contribution is 0.196. The number of pyridine rings is 1. The minimum atomic E-state index is 0.00695. The van der Waals surface area contributed by atoms with Crippen LogP contribution in [0.15, 0.2) is 29.6 Å². The molecule has 2 heterocycles. The quantitative estimate of drug-likeness (QED) is 0.868. The lowest BCUT2D eigenvalue weighted by Gasteiger charge is -2.23. The van der Waals surface area contributed by atoms with Gasteiger partial charge in [-0.1, -0.05) is 25.0 Å². The second-order valence-corrected chi connectivity index (χ2v) is 6.46. The Labute approximate surface area is 137 Å². The van der Waals surface area contributed by atoms with Gasteiger partial charge in [-0.2, -0.15) is 0 Å². The molecule has 0 unspecified atom stereocenters. The first-order chi connectivity index (χ1) is 11.2. The van der Waals surface area contributed by atoms with E-state index in [1.807, 2.05) is 11.0 Å². The Bertz CT molecular complexity index is 644. The summed E-state index contributed by atoms with van der Waals surface area (Å²) < 4.78 is 1.78. The second-order valence-electron chi connectivity index (χ2n) is 6.46. The van der Waals surface area contributed by atoms with Crippen LogP contribution in [0.4, 0.5) is 4.79 Å². The number of nitrogens with zero attached hydrogens (tertiary/aromatic N) is 2. The molecule has 1 aliphatic carbocycles. The Morgan fingerprint density at radius 1 is 1.26 bits per heavy atom. The molecule has 1 N–H and O–H groups in total. The van der Waals surface area contributed by atoms with E-state index in [0.717, 1.165) is 31.4 Å². The fourth-order valence-electron chi connectivity index (χ4n) is 3.66. The van der Waals surface area contributed by atoms with Crippen LogP contribution in [0.5, 0.6) is 0 Å². The van der Waals surface area contributed by atoms with Crippen molar-refractivity contribution in [2.45, 2.75) is 51.1 Å². The number of fused-ring (bicyclic) bond motifs is 1.